The monoisotopic (exact) mass is 368 g/mol. The molecule has 1 amide bonds. The fraction of sp³-hybridized carbons (Fsp3) is 0.300. The molecule has 1 aliphatic rings. The van der Waals surface area contributed by atoms with E-state index in [1.54, 1.807) is 54.6 Å². The molecule has 0 radical (unpaired) electrons. The van der Waals surface area contributed by atoms with Crippen LogP contribution in [-0.4, -0.2) is 19.9 Å². The molecule has 5 nitrogen and oxygen atoms in total. The Balaban J connectivity index is 1.78. The lowest BCUT2D eigenvalue weighted by Gasteiger charge is -2.22. The first-order chi connectivity index (χ1) is 12.4. The largest absolute Gasteiger partial charge is 0.334 e. The number of carbonyl (C=O) groups is 1. The first kappa shape index (κ1) is 18.2. The first-order valence-corrected chi connectivity index (χ1v) is 10.2. The summed E-state index contributed by atoms with van der Waals surface area (Å²) in [7, 11) is -3.48. The highest BCUT2D eigenvalue weighted by molar-refractivity contribution is 7.90. The predicted molar refractivity (Wildman–Crippen MR) is 98.1 cm³/mol. The van der Waals surface area contributed by atoms with Gasteiger partial charge in [0.1, 0.15) is 5.54 Å². The van der Waals surface area contributed by atoms with Crippen molar-refractivity contribution in [3.8, 4) is 6.07 Å². The summed E-state index contributed by atoms with van der Waals surface area (Å²) in [5.41, 5.74) is 0.106. The number of nitrogens with one attached hydrogen (secondary N) is 1. The number of carbonyl (C=O) groups excluding carboxylic acids is 1. The lowest BCUT2D eigenvalue weighted by molar-refractivity contribution is 0.0920. The molecule has 1 fully saturated rings. The van der Waals surface area contributed by atoms with Crippen LogP contribution in [0.3, 0.4) is 0 Å². The second-order valence-electron chi connectivity index (χ2n) is 6.63. The van der Waals surface area contributed by atoms with Crippen LogP contribution in [0.2, 0.25) is 0 Å². The summed E-state index contributed by atoms with van der Waals surface area (Å²) < 4.78 is 25.0. The van der Waals surface area contributed by atoms with E-state index in [-0.39, 0.29) is 16.6 Å². The topological polar surface area (TPSA) is 87.0 Å². The summed E-state index contributed by atoms with van der Waals surface area (Å²) in [6.07, 6.45) is 3.14. The average molecular weight is 368 g/mol. The summed E-state index contributed by atoms with van der Waals surface area (Å²) in [5, 5.41) is 12.2. The minimum atomic E-state index is -3.48. The lowest BCUT2D eigenvalue weighted by Crippen LogP contribution is -2.45. The highest BCUT2D eigenvalue weighted by atomic mass is 32.2. The molecule has 0 bridgehead atoms. The van der Waals surface area contributed by atoms with Crippen LogP contribution in [0, 0.1) is 11.3 Å². The normalized spacial score (nSPS) is 16.0. The molecule has 0 heterocycles. The van der Waals surface area contributed by atoms with Gasteiger partial charge in [-0.05, 0) is 55.5 Å². The summed E-state index contributed by atoms with van der Waals surface area (Å²) in [5.74, 6) is -0.519. The lowest BCUT2D eigenvalue weighted by atomic mass is 9.99. The van der Waals surface area contributed by atoms with Crippen molar-refractivity contribution in [2.24, 2.45) is 0 Å². The maximum atomic E-state index is 12.5. The van der Waals surface area contributed by atoms with Crippen LogP contribution < -0.4 is 5.32 Å². The molecule has 0 aromatic heterocycles. The fourth-order valence-corrected chi connectivity index (χ4v) is 4.62. The Kier molecular flexibility index (Phi) is 5.10. The van der Waals surface area contributed by atoms with Gasteiger partial charge >= 0.3 is 0 Å². The predicted octanol–water partition coefficient (Wildman–Crippen LogP) is 3.23. The van der Waals surface area contributed by atoms with E-state index in [0.29, 0.717) is 24.0 Å². The second-order valence-corrected chi connectivity index (χ2v) is 8.62. The summed E-state index contributed by atoms with van der Waals surface area (Å²) in [4.78, 5) is 12.8. The molecule has 3 rings (SSSR count). The van der Waals surface area contributed by atoms with Gasteiger partial charge in [0.05, 0.1) is 16.7 Å². The second kappa shape index (κ2) is 7.30. The maximum absolute atomic E-state index is 12.5. The van der Waals surface area contributed by atoms with Crippen LogP contribution >= 0.6 is 0 Å². The van der Waals surface area contributed by atoms with Gasteiger partial charge < -0.3 is 5.32 Å². The van der Waals surface area contributed by atoms with E-state index in [9.17, 15) is 18.5 Å². The van der Waals surface area contributed by atoms with Crippen molar-refractivity contribution in [1.82, 2.24) is 5.32 Å². The smallest absolute Gasteiger partial charge is 0.252 e. The van der Waals surface area contributed by atoms with Gasteiger partial charge in [0.15, 0.2) is 9.84 Å². The number of hydrogen-bond acceptors (Lipinski definition) is 4. The van der Waals surface area contributed by atoms with Crippen LogP contribution in [0.5, 0.6) is 0 Å². The summed E-state index contributed by atoms with van der Waals surface area (Å²) in [6.45, 7) is 0. The maximum Gasteiger partial charge on any atom is 0.252 e. The number of nitriles is 1. The van der Waals surface area contributed by atoms with E-state index in [1.165, 1.54) is 0 Å². The Morgan fingerprint density at radius 1 is 1.08 bits per heavy atom. The number of benzene rings is 2. The van der Waals surface area contributed by atoms with Crippen molar-refractivity contribution < 1.29 is 13.2 Å². The molecule has 0 spiro atoms. The summed E-state index contributed by atoms with van der Waals surface area (Å²) >= 11 is 0. The number of rotatable bonds is 5. The summed E-state index contributed by atoms with van der Waals surface area (Å²) in [6, 6.07) is 17.0. The van der Waals surface area contributed by atoms with Gasteiger partial charge in [-0.2, -0.15) is 5.26 Å². The zero-order chi connectivity index (χ0) is 18.6. The Labute approximate surface area is 153 Å². The molecule has 2 aromatic carbocycles. The van der Waals surface area contributed by atoms with Crippen LogP contribution in [-0.2, 0) is 15.6 Å². The van der Waals surface area contributed by atoms with Crippen LogP contribution in [0.1, 0.15) is 41.6 Å². The van der Waals surface area contributed by atoms with E-state index in [4.69, 9.17) is 0 Å². The Hall–Kier alpha value is -2.65. The molecule has 1 saturated carbocycles. The molecule has 0 unspecified atom stereocenters. The van der Waals surface area contributed by atoms with Gasteiger partial charge in [-0.1, -0.05) is 30.3 Å². The minimum absolute atomic E-state index is 0.179. The molecular formula is C20H20N2O3S. The highest BCUT2D eigenvalue weighted by Gasteiger charge is 2.35. The van der Waals surface area contributed by atoms with E-state index in [2.05, 4.69) is 11.4 Å². The zero-order valence-corrected chi connectivity index (χ0v) is 15.1. The number of hydrogen-bond donors (Lipinski definition) is 1. The molecule has 134 valence electrons. The van der Waals surface area contributed by atoms with Crippen molar-refractivity contribution in [2.75, 3.05) is 0 Å². The highest BCUT2D eigenvalue weighted by Crippen LogP contribution is 2.29. The quantitative estimate of drug-likeness (QED) is 0.878. The fourth-order valence-electron chi connectivity index (χ4n) is 3.27. The van der Waals surface area contributed by atoms with Crippen LogP contribution in [0.15, 0.2) is 59.5 Å². The third-order valence-electron chi connectivity index (χ3n) is 4.67. The van der Waals surface area contributed by atoms with E-state index in [1.807, 2.05) is 0 Å². The number of amides is 1. The van der Waals surface area contributed by atoms with Crippen molar-refractivity contribution in [3.63, 3.8) is 0 Å². The van der Waals surface area contributed by atoms with Crippen LogP contribution in [0.4, 0.5) is 0 Å². The van der Waals surface area contributed by atoms with Gasteiger partial charge in [0.2, 0.25) is 0 Å². The molecule has 0 aliphatic heterocycles. The van der Waals surface area contributed by atoms with Crippen molar-refractivity contribution in [3.05, 3.63) is 65.7 Å². The average Bonchev–Trinajstić information content (AvgIpc) is 3.11. The minimum Gasteiger partial charge on any atom is -0.334 e. The van der Waals surface area contributed by atoms with E-state index >= 15 is 0 Å². The third kappa shape index (κ3) is 3.94. The molecule has 26 heavy (non-hydrogen) atoms. The van der Waals surface area contributed by atoms with E-state index in [0.717, 1.165) is 12.8 Å². The number of nitrogens with zero attached hydrogens (tertiary/aromatic N) is 1. The molecule has 0 saturated heterocycles. The Morgan fingerprint density at radius 3 is 2.42 bits per heavy atom. The van der Waals surface area contributed by atoms with E-state index < -0.39 is 15.4 Å². The SMILES string of the molecule is N#CC1(NC(=O)c2cccc(CS(=O)(=O)c3ccccc3)c2)CCCC1. The molecule has 1 aliphatic carbocycles. The van der Waals surface area contributed by atoms with Gasteiger partial charge in [-0.25, -0.2) is 8.42 Å². The van der Waals surface area contributed by atoms with Gasteiger partial charge in [-0.15, -0.1) is 0 Å². The Morgan fingerprint density at radius 2 is 1.77 bits per heavy atom. The molecule has 6 heteroatoms. The first-order valence-electron chi connectivity index (χ1n) is 8.55. The van der Waals surface area contributed by atoms with Crippen molar-refractivity contribution >= 4 is 15.7 Å². The molecule has 0 atom stereocenters. The van der Waals surface area contributed by atoms with Crippen LogP contribution in [0.25, 0.3) is 0 Å². The number of sulfone groups is 1. The third-order valence-corrected chi connectivity index (χ3v) is 6.38. The van der Waals surface area contributed by atoms with Gasteiger partial charge in [-0.3, -0.25) is 4.79 Å². The van der Waals surface area contributed by atoms with Gasteiger partial charge in [0.25, 0.3) is 5.91 Å². The zero-order valence-electron chi connectivity index (χ0n) is 14.3. The van der Waals surface area contributed by atoms with Crippen molar-refractivity contribution in [1.29, 1.82) is 5.26 Å². The molecule has 2 aromatic rings. The van der Waals surface area contributed by atoms with Gasteiger partial charge in [0, 0.05) is 5.56 Å². The Bertz CT molecular complexity index is 941. The standard InChI is InChI=1S/C20H20N2O3S/c21-15-20(11-4-5-12-20)22-19(23)17-8-6-7-16(13-17)14-26(24,25)18-9-2-1-3-10-18/h1-3,6-10,13H,4-5,11-12,14H2,(H,22,23). The molecule has 1 N–H and O–H groups in total. The molecular weight excluding hydrogens is 348 g/mol. The van der Waals surface area contributed by atoms with Crippen molar-refractivity contribution in [2.45, 2.75) is 41.9 Å².